The molecule has 0 spiro atoms. The number of hydrogen-bond acceptors (Lipinski definition) is 4. The lowest BCUT2D eigenvalue weighted by Crippen LogP contribution is -2.04. The van der Waals surface area contributed by atoms with Gasteiger partial charge in [-0.2, -0.15) is 0 Å². The molecule has 0 aromatic carbocycles. The van der Waals surface area contributed by atoms with Gasteiger partial charge in [-0.15, -0.1) is 0 Å². The molecule has 5 heteroatoms. The molecule has 2 aromatic heterocycles. The minimum atomic E-state index is -0.483. The Labute approximate surface area is 79.6 Å². The van der Waals surface area contributed by atoms with Crippen molar-refractivity contribution in [3.8, 4) is 5.75 Å². The third-order valence-electron chi connectivity index (χ3n) is 1.88. The van der Waals surface area contributed by atoms with Gasteiger partial charge in [0.2, 0.25) is 0 Å². The van der Waals surface area contributed by atoms with E-state index in [9.17, 15) is 9.90 Å². The zero-order chi connectivity index (χ0) is 10.1. The summed E-state index contributed by atoms with van der Waals surface area (Å²) in [4.78, 5) is 15.2. The van der Waals surface area contributed by atoms with Gasteiger partial charge < -0.3 is 9.84 Å². The molecule has 0 aliphatic heterocycles. The van der Waals surface area contributed by atoms with Gasteiger partial charge in [-0.3, -0.25) is 4.40 Å². The van der Waals surface area contributed by atoms with Crippen molar-refractivity contribution in [2.75, 3.05) is 7.11 Å². The van der Waals surface area contributed by atoms with Crippen molar-refractivity contribution in [1.29, 1.82) is 0 Å². The first kappa shape index (κ1) is 8.55. The van der Waals surface area contributed by atoms with Crippen molar-refractivity contribution in [2.24, 2.45) is 0 Å². The molecule has 0 bridgehead atoms. The fourth-order valence-electron chi connectivity index (χ4n) is 1.22. The first-order valence-corrected chi connectivity index (χ1v) is 3.97. The molecule has 0 saturated carbocycles. The second-order valence-electron chi connectivity index (χ2n) is 2.75. The minimum absolute atomic E-state index is 0.0700. The Kier molecular flexibility index (Phi) is 1.85. The second kappa shape index (κ2) is 3.02. The van der Waals surface area contributed by atoms with Crippen LogP contribution in [-0.4, -0.2) is 27.6 Å². The van der Waals surface area contributed by atoms with Crippen LogP contribution in [0.4, 0.5) is 0 Å². The van der Waals surface area contributed by atoms with E-state index in [4.69, 9.17) is 0 Å². The Balaban J connectivity index is 2.67. The van der Waals surface area contributed by atoms with Gasteiger partial charge in [0, 0.05) is 0 Å². The molecule has 1 N–H and O–H groups in total. The molecule has 2 heterocycles. The summed E-state index contributed by atoms with van der Waals surface area (Å²) in [7, 11) is 1.30. The Morgan fingerprint density at radius 2 is 2.36 bits per heavy atom. The largest absolute Gasteiger partial charge is 0.506 e. The molecule has 0 aliphatic carbocycles. The maximum absolute atomic E-state index is 11.2. The standard InChI is InChI=1S/C9H8N2O3/c1-14-9(13)7-4-10-8-3-2-6(12)5-11(7)8/h2-5,12H,1H3. The predicted molar refractivity (Wildman–Crippen MR) is 48.2 cm³/mol. The van der Waals surface area contributed by atoms with E-state index in [-0.39, 0.29) is 5.75 Å². The van der Waals surface area contributed by atoms with Crippen molar-refractivity contribution in [2.45, 2.75) is 0 Å². The van der Waals surface area contributed by atoms with Crippen molar-refractivity contribution in [1.82, 2.24) is 9.38 Å². The number of carbonyl (C=O) groups excluding carboxylic acids is 1. The van der Waals surface area contributed by atoms with Crippen LogP contribution in [0.1, 0.15) is 10.5 Å². The number of ether oxygens (including phenoxy) is 1. The van der Waals surface area contributed by atoms with Crippen LogP contribution in [0.2, 0.25) is 0 Å². The van der Waals surface area contributed by atoms with Crippen molar-refractivity contribution in [3.05, 3.63) is 30.2 Å². The number of aromatic hydroxyl groups is 1. The molecule has 2 aromatic rings. The van der Waals surface area contributed by atoms with E-state index in [1.165, 1.54) is 30.0 Å². The molecule has 0 unspecified atom stereocenters. The summed E-state index contributed by atoms with van der Waals surface area (Å²) in [5.41, 5.74) is 0.876. The molecule has 0 amide bonds. The third kappa shape index (κ3) is 1.19. The number of carbonyl (C=O) groups is 1. The van der Waals surface area contributed by atoms with Gasteiger partial charge in [0.15, 0.2) is 5.69 Å². The van der Waals surface area contributed by atoms with E-state index >= 15 is 0 Å². The Bertz CT molecular complexity index is 490. The van der Waals surface area contributed by atoms with Gasteiger partial charge in [-0.1, -0.05) is 0 Å². The van der Waals surface area contributed by atoms with Crippen LogP contribution < -0.4 is 0 Å². The minimum Gasteiger partial charge on any atom is -0.506 e. The summed E-state index contributed by atoms with van der Waals surface area (Å²) >= 11 is 0. The molecule has 2 rings (SSSR count). The maximum Gasteiger partial charge on any atom is 0.356 e. The van der Waals surface area contributed by atoms with E-state index in [0.29, 0.717) is 11.3 Å². The highest BCUT2D eigenvalue weighted by atomic mass is 16.5. The van der Waals surface area contributed by atoms with Crippen LogP contribution in [0.5, 0.6) is 5.75 Å². The normalized spacial score (nSPS) is 10.4. The van der Waals surface area contributed by atoms with Crippen LogP contribution in [0.15, 0.2) is 24.5 Å². The third-order valence-corrected chi connectivity index (χ3v) is 1.88. The fourth-order valence-corrected chi connectivity index (χ4v) is 1.22. The Morgan fingerprint density at radius 1 is 1.57 bits per heavy atom. The van der Waals surface area contributed by atoms with Crippen LogP contribution in [-0.2, 0) is 4.74 Å². The highest BCUT2D eigenvalue weighted by molar-refractivity contribution is 5.88. The number of aromatic nitrogens is 2. The number of nitrogens with zero attached hydrogens (tertiary/aromatic N) is 2. The summed E-state index contributed by atoms with van der Waals surface area (Å²) in [6.45, 7) is 0. The summed E-state index contributed by atoms with van der Waals surface area (Å²) in [6.07, 6.45) is 2.81. The van der Waals surface area contributed by atoms with Crippen LogP contribution in [0.3, 0.4) is 0 Å². The number of pyridine rings is 1. The van der Waals surface area contributed by atoms with Gasteiger partial charge in [0.25, 0.3) is 0 Å². The molecule has 0 aliphatic rings. The molecule has 0 fully saturated rings. The van der Waals surface area contributed by atoms with Crippen LogP contribution in [0.25, 0.3) is 5.65 Å². The summed E-state index contributed by atoms with van der Waals surface area (Å²) in [6, 6.07) is 3.12. The van der Waals surface area contributed by atoms with Gasteiger partial charge in [0.05, 0.1) is 19.5 Å². The quantitative estimate of drug-likeness (QED) is 0.679. The zero-order valence-electron chi connectivity index (χ0n) is 7.47. The summed E-state index contributed by atoms with van der Waals surface area (Å²) in [5.74, 6) is -0.413. The average molecular weight is 192 g/mol. The maximum atomic E-state index is 11.2. The SMILES string of the molecule is COC(=O)c1cnc2ccc(O)cn12. The predicted octanol–water partition coefficient (Wildman–Crippen LogP) is 0.826. The molecule has 0 saturated heterocycles. The highest BCUT2D eigenvalue weighted by Gasteiger charge is 2.11. The van der Waals surface area contributed by atoms with Crippen molar-refractivity contribution < 1.29 is 14.6 Å². The van der Waals surface area contributed by atoms with Crippen LogP contribution >= 0.6 is 0 Å². The number of imidazole rings is 1. The van der Waals surface area contributed by atoms with Crippen LogP contribution in [0, 0.1) is 0 Å². The number of rotatable bonds is 1. The highest BCUT2D eigenvalue weighted by Crippen LogP contribution is 2.13. The van der Waals surface area contributed by atoms with E-state index in [1.807, 2.05) is 0 Å². The number of fused-ring (bicyclic) bond motifs is 1. The monoisotopic (exact) mass is 192 g/mol. The number of methoxy groups -OCH3 is 1. The zero-order valence-corrected chi connectivity index (χ0v) is 7.47. The smallest absolute Gasteiger partial charge is 0.356 e. The van der Waals surface area contributed by atoms with E-state index in [1.54, 1.807) is 6.07 Å². The average Bonchev–Trinajstić information content (AvgIpc) is 2.59. The number of hydrogen-bond donors (Lipinski definition) is 1. The molecule has 72 valence electrons. The molecule has 14 heavy (non-hydrogen) atoms. The van der Waals surface area contributed by atoms with E-state index in [2.05, 4.69) is 9.72 Å². The first-order valence-electron chi connectivity index (χ1n) is 3.97. The lowest BCUT2D eigenvalue weighted by molar-refractivity contribution is 0.0593. The number of esters is 1. The van der Waals surface area contributed by atoms with Gasteiger partial charge in [-0.25, -0.2) is 9.78 Å². The molecular weight excluding hydrogens is 184 g/mol. The molecule has 0 atom stereocenters. The van der Waals surface area contributed by atoms with Gasteiger partial charge in [0.1, 0.15) is 11.4 Å². The molecular formula is C9H8N2O3. The van der Waals surface area contributed by atoms with E-state index < -0.39 is 5.97 Å². The van der Waals surface area contributed by atoms with Crippen molar-refractivity contribution in [3.63, 3.8) is 0 Å². The Morgan fingerprint density at radius 3 is 3.07 bits per heavy atom. The summed E-state index contributed by atoms with van der Waals surface area (Å²) < 4.78 is 6.03. The van der Waals surface area contributed by atoms with Gasteiger partial charge >= 0.3 is 5.97 Å². The molecule has 5 nitrogen and oxygen atoms in total. The van der Waals surface area contributed by atoms with E-state index in [0.717, 1.165) is 0 Å². The topological polar surface area (TPSA) is 63.8 Å². The fraction of sp³-hybridized carbons (Fsp3) is 0.111. The Hall–Kier alpha value is -2.04. The lowest BCUT2D eigenvalue weighted by Gasteiger charge is -1.99. The lowest BCUT2D eigenvalue weighted by atomic mass is 10.4. The second-order valence-corrected chi connectivity index (χ2v) is 2.75. The first-order chi connectivity index (χ1) is 6.72. The summed E-state index contributed by atoms with van der Waals surface area (Å²) in [5, 5.41) is 9.23. The molecule has 0 radical (unpaired) electrons. The van der Waals surface area contributed by atoms with Crippen molar-refractivity contribution >= 4 is 11.6 Å². The van der Waals surface area contributed by atoms with Gasteiger partial charge in [-0.05, 0) is 12.1 Å².